The van der Waals surface area contributed by atoms with Gasteiger partial charge in [0.1, 0.15) is 18.5 Å². The van der Waals surface area contributed by atoms with Gasteiger partial charge in [-0.25, -0.2) is 4.79 Å². The van der Waals surface area contributed by atoms with Crippen LogP contribution in [0.3, 0.4) is 0 Å². The zero-order valence-corrected chi connectivity index (χ0v) is 13.3. The Bertz CT molecular complexity index is 552. The summed E-state index contributed by atoms with van der Waals surface area (Å²) >= 11 is 0. The Labute approximate surface area is 135 Å². The Hall–Kier alpha value is -1.89. The van der Waals surface area contributed by atoms with E-state index in [0.717, 1.165) is 19.2 Å². The van der Waals surface area contributed by atoms with Crippen molar-refractivity contribution >= 4 is 11.5 Å². The van der Waals surface area contributed by atoms with E-state index >= 15 is 0 Å². The van der Waals surface area contributed by atoms with E-state index in [4.69, 9.17) is 14.6 Å². The highest BCUT2D eigenvalue weighted by Crippen LogP contribution is 2.25. The van der Waals surface area contributed by atoms with Crippen LogP contribution in [0.25, 0.3) is 5.57 Å². The number of carbonyl (C=O) groups is 1. The number of benzene rings is 1. The lowest BCUT2D eigenvalue weighted by Gasteiger charge is -2.28. The molecule has 2 rings (SSSR count). The summed E-state index contributed by atoms with van der Waals surface area (Å²) in [6, 6.07) is 7.22. The molecule has 6 heteroatoms. The lowest BCUT2D eigenvalue weighted by Crippen LogP contribution is -2.42. The van der Waals surface area contributed by atoms with E-state index in [1.54, 1.807) is 19.1 Å². The monoisotopic (exact) mass is 321 g/mol. The molecule has 1 aromatic rings. The highest BCUT2D eigenvalue weighted by molar-refractivity contribution is 5.90. The zero-order chi connectivity index (χ0) is 16.7. The molecule has 1 aliphatic heterocycles. The largest absolute Gasteiger partial charge is 0.490 e. The Morgan fingerprint density at radius 3 is 2.78 bits per heavy atom. The molecule has 1 aromatic carbocycles. The van der Waals surface area contributed by atoms with Gasteiger partial charge in [-0.1, -0.05) is 18.2 Å². The molecule has 1 unspecified atom stereocenters. The summed E-state index contributed by atoms with van der Waals surface area (Å²) in [5, 5.41) is 19.0. The minimum Gasteiger partial charge on any atom is -0.490 e. The summed E-state index contributed by atoms with van der Waals surface area (Å²) < 4.78 is 11.0. The molecule has 1 aliphatic rings. The first-order valence-electron chi connectivity index (χ1n) is 7.68. The molecule has 0 spiro atoms. The van der Waals surface area contributed by atoms with Crippen LogP contribution in [0.4, 0.5) is 0 Å². The van der Waals surface area contributed by atoms with Crippen LogP contribution in [0.15, 0.2) is 30.3 Å². The van der Waals surface area contributed by atoms with E-state index in [9.17, 15) is 9.90 Å². The number of carboxylic acid groups (broad SMARTS) is 1. The van der Waals surface area contributed by atoms with Gasteiger partial charge in [0.2, 0.25) is 0 Å². The summed E-state index contributed by atoms with van der Waals surface area (Å²) in [4.78, 5) is 12.9. The molecular formula is C17H23NO5. The molecule has 0 bridgehead atoms. The molecular weight excluding hydrogens is 298 g/mol. The van der Waals surface area contributed by atoms with Crippen molar-refractivity contribution < 1.29 is 24.5 Å². The van der Waals surface area contributed by atoms with Crippen molar-refractivity contribution in [1.82, 2.24) is 4.90 Å². The van der Waals surface area contributed by atoms with Crippen molar-refractivity contribution in [2.24, 2.45) is 0 Å². The molecule has 6 nitrogen and oxygen atoms in total. The van der Waals surface area contributed by atoms with Crippen molar-refractivity contribution in [2.45, 2.75) is 13.0 Å². The van der Waals surface area contributed by atoms with Gasteiger partial charge in [0.15, 0.2) is 0 Å². The molecule has 23 heavy (non-hydrogen) atoms. The van der Waals surface area contributed by atoms with Crippen LogP contribution in [0, 0.1) is 0 Å². The van der Waals surface area contributed by atoms with Crippen molar-refractivity contribution in [2.75, 3.05) is 39.5 Å². The molecule has 1 heterocycles. The third kappa shape index (κ3) is 5.67. The van der Waals surface area contributed by atoms with Crippen LogP contribution in [0.5, 0.6) is 5.75 Å². The molecule has 0 saturated carbocycles. The first-order valence-corrected chi connectivity index (χ1v) is 7.68. The minimum atomic E-state index is -0.996. The standard InChI is InChI=1S/C17H23NO5/c1-13(10-17(20)21)15-4-2-3-5-16(15)23-12-14(19)11-18-6-8-22-9-7-18/h2-5,10,14,19H,6-9,11-12H2,1H3,(H,20,21)/b13-10-. The number of carboxylic acids is 1. The topological polar surface area (TPSA) is 79.2 Å². The number of hydrogen-bond acceptors (Lipinski definition) is 5. The van der Waals surface area contributed by atoms with Gasteiger partial charge in [-0.15, -0.1) is 0 Å². The minimum absolute atomic E-state index is 0.161. The lowest BCUT2D eigenvalue weighted by atomic mass is 10.1. The molecule has 1 fully saturated rings. The number of rotatable bonds is 7. The number of para-hydroxylation sites is 1. The van der Waals surface area contributed by atoms with E-state index in [2.05, 4.69) is 4.90 Å². The summed E-state index contributed by atoms with van der Waals surface area (Å²) in [6.07, 6.45) is 0.539. The number of nitrogens with zero attached hydrogens (tertiary/aromatic N) is 1. The average Bonchev–Trinajstić information content (AvgIpc) is 2.53. The molecule has 0 aliphatic carbocycles. The van der Waals surface area contributed by atoms with Crippen LogP contribution >= 0.6 is 0 Å². The highest BCUT2D eigenvalue weighted by Gasteiger charge is 2.16. The van der Waals surface area contributed by atoms with Crippen molar-refractivity contribution in [3.05, 3.63) is 35.9 Å². The molecule has 0 amide bonds. The molecule has 1 saturated heterocycles. The van der Waals surface area contributed by atoms with Crippen molar-refractivity contribution in [3.63, 3.8) is 0 Å². The fourth-order valence-electron chi connectivity index (χ4n) is 2.50. The summed E-state index contributed by atoms with van der Waals surface area (Å²) in [5.74, 6) is -0.423. The predicted molar refractivity (Wildman–Crippen MR) is 86.5 cm³/mol. The Morgan fingerprint density at radius 1 is 1.39 bits per heavy atom. The third-order valence-corrected chi connectivity index (χ3v) is 3.66. The number of aliphatic carboxylic acids is 1. The maximum Gasteiger partial charge on any atom is 0.328 e. The van der Waals surface area contributed by atoms with Gasteiger partial charge < -0.3 is 19.7 Å². The second kappa shape index (κ2) is 8.67. The maximum absolute atomic E-state index is 10.8. The van der Waals surface area contributed by atoms with E-state index in [-0.39, 0.29) is 6.61 Å². The number of morpholine rings is 1. The number of ether oxygens (including phenoxy) is 2. The fraction of sp³-hybridized carbons (Fsp3) is 0.471. The number of aliphatic hydroxyl groups is 1. The molecule has 0 aromatic heterocycles. The summed E-state index contributed by atoms with van der Waals surface area (Å²) in [6.45, 7) is 5.43. The number of aliphatic hydroxyl groups excluding tert-OH is 1. The Balaban J connectivity index is 1.93. The van der Waals surface area contributed by atoms with Gasteiger partial charge in [-0.3, -0.25) is 4.90 Å². The van der Waals surface area contributed by atoms with Crippen molar-refractivity contribution in [3.8, 4) is 5.75 Å². The van der Waals surface area contributed by atoms with Crippen LogP contribution in [0.2, 0.25) is 0 Å². The van der Waals surface area contributed by atoms with Crippen LogP contribution in [0.1, 0.15) is 12.5 Å². The fourth-order valence-corrected chi connectivity index (χ4v) is 2.50. The van der Waals surface area contributed by atoms with Gasteiger partial charge in [0.25, 0.3) is 0 Å². The van der Waals surface area contributed by atoms with E-state index < -0.39 is 12.1 Å². The molecule has 1 atom stereocenters. The summed E-state index contributed by atoms with van der Waals surface area (Å²) in [5.41, 5.74) is 1.32. The molecule has 2 N–H and O–H groups in total. The van der Waals surface area contributed by atoms with E-state index in [1.807, 2.05) is 12.1 Å². The maximum atomic E-state index is 10.8. The molecule has 0 radical (unpaired) electrons. The van der Waals surface area contributed by atoms with Gasteiger partial charge in [0, 0.05) is 31.3 Å². The van der Waals surface area contributed by atoms with Gasteiger partial charge in [-0.2, -0.15) is 0 Å². The number of hydrogen-bond donors (Lipinski definition) is 2. The lowest BCUT2D eigenvalue weighted by molar-refractivity contribution is -0.131. The van der Waals surface area contributed by atoms with E-state index in [1.165, 1.54) is 0 Å². The number of β-amino-alcohol motifs (C(OH)–C–C–N with tert-alkyl or cyclic N) is 1. The molecule has 126 valence electrons. The van der Waals surface area contributed by atoms with Crippen molar-refractivity contribution in [1.29, 1.82) is 0 Å². The Morgan fingerprint density at radius 2 is 2.09 bits per heavy atom. The normalized spacial score (nSPS) is 17.7. The van der Waals surface area contributed by atoms with Crippen LogP contribution in [-0.2, 0) is 9.53 Å². The predicted octanol–water partition coefficient (Wildman–Crippen LogP) is 1.25. The second-order valence-electron chi connectivity index (χ2n) is 5.54. The third-order valence-electron chi connectivity index (χ3n) is 3.66. The van der Waals surface area contributed by atoms with E-state index in [0.29, 0.717) is 36.6 Å². The quantitative estimate of drug-likeness (QED) is 0.736. The summed E-state index contributed by atoms with van der Waals surface area (Å²) in [7, 11) is 0. The SMILES string of the molecule is C/C(=C/C(=O)O)c1ccccc1OCC(O)CN1CCOCC1. The first kappa shape index (κ1) is 17.5. The van der Waals surface area contributed by atoms with Gasteiger partial charge >= 0.3 is 5.97 Å². The van der Waals surface area contributed by atoms with Crippen LogP contribution in [-0.4, -0.2) is 66.6 Å². The smallest absolute Gasteiger partial charge is 0.328 e. The highest BCUT2D eigenvalue weighted by atomic mass is 16.5. The number of allylic oxidation sites excluding steroid dienone is 1. The first-order chi connectivity index (χ1) is 11.1. The van der Waals surface area contributed by atoms with Gasteiger partial charge in [-0.05, 0) is 18.6 Å². The average molecular weight is 321 g/mol. The van der Waals surface area contributed by atoms with Gasteiger partial charge in [0.05, 0.1) is 13.2 Å². The van der Waals surface area contributed by atoms with Crippen LogP contribution < -0.4 is 4.74 Å². The zero-order valence-electron chi connectivity index (χ0n) is 13.3. The second-order valence-corrected chi connectivity index (χ2v) is 5.54. The Kier molecular flexibility index (Phi) is 6.58.